The summed E-state index contributed by atoms with van der Waals surface area (Å²) in [5, 5.41) is 10.6. The van der Waals surface area contributed by atoms with Crippen molar-refractivity contribution in [2.24, 2.45) is 0 Å². The summed E-state index contributed by atoms with van der Waals surface area (Å²) in [7, 11) is 0. The second kappa shape index (κ2) is 7.30. The molecule has 0 spiro atoms. The third-order valence-corrected chi connectivity index (χ3v) is 5.20. The van der Waals surface area contributed by atoms with Crippen molar-refractivity contribution in [3.05, 3.63) is 36.0 Å². The third-order valence-electron chi connectivity index (χ3n) is 5.20. The van der Waals surface area contributed by atoms with E-state index < -0.39 is 0 Å². The van der Waals surface area contributed by atoms with Crippen LogP contribution in [-0.2, 0) is 9.53 Å². The van der Waals surface area contributed by atoms with E-state index in [9.17, 15) is 10.1 Å². The zero-order chi connectivity index (χ0) is 17.9. The van der Waals surface area contributed by atoms with E-state index in [1.165, 1.54) is 0 Å². The number of nitrogens with zero attached hydrogens (tertiary/aromatic N) is 4. The van der Waals surface area contributed by atoms with Gasteiger partial charge in [-0.15, -0.1) is 0 Å². The first kappa shape index (κ1) is 16.8. The lowest BCUT2D eigenvalue weighted by Crippen LogP contribution is -2.41. The Morgan fingerprint density at radius 1 is 1.19 bits per heavy atom. The Bertz CT molecular complexity index is 855. The van der Waals surface area contributed by atoms with Crippen molar-refractivity contribution < 1.29 is 9.53 Å². The van der Waals surface area contributed by atoms with Gasteiger partial charge in [-0.25, -0.2) is 0 Å². The summed E-state index contributed by atoms with van der Waals surface area (Å²) in [5.41, 5.74) is 2.41. The maximum atomic E-state index is 12.7. The highest BCUT2D eigenvalue weighted by Crippen LogP contribution is 2.30. The molecule has 6 nitrogen and oxygen atoms in total. The lowest BCUT2D eigenvalue weighted by Gasteiger charge is -2.26. The van der Waals surface area contributed by atoms with Crippen molar-refractivity contribution in [2.45, 2.75) is 25.4 Å². The number of nitriles is 1. The Morgan fingerprint density at radius 3 is 2.88 bits per heavy atom. The van der Waals surface area contributed by atoms with Crippen LogP contribution in [0.5, 0.6) is 0 Å². The molecule has 1 aromatic heterocycles. The molecule has 1 atom stereocenters. The lowest BCUT2D eigenvalue weighted by atomic mass is 10.1. The fourth-order valence-corrected chi connectivity index (χ4v) is 3.89. The van der Waals surface area contributed by atoms with Gasteiger partial charge in [0, 0.05) is 44.4 Å². The van der Waals surface area contributed by atoms with Gasteiger partial charge in [0.2, 0.25) is 0 Å². The van der Waals surface area contributed by atoms with Gasteiger partial charge in [-0.1, -0.05) is 18.2 Å². The number of carbonyl (C=O) groups excluding carboxylic acids is 1. The number of aromatic nitrogens is 1. The number of hydrogen-bond acceptors (Lipinski definition) is 5. The van der Waals surface area contributed by atoms with Crippen LogP contribution < -0.4 is 4.90 Å². The van der Waals surface area contributed by atoms with Gasteiger partial charge in [-0.05, 0) is 25.3 Å². The van der Waals surface area contributed by atoms with Crippen LogP contribution in [0.3, 0.4) is 0 Å². The van der Waals surface area contributed by atoms with Gasteiger partial charge in [-0.3, -0.25) is 9.78 Å². The monoisotopic (exact) mass is 350 g/mol. The number of rotatable bonds is 2. The second-order valence-corrected chi connectivity index (χ2v) is 6.82. The van der Waals surface area contributed by atoms with Crippen LogP contribution in [0.15, 0.2) is 30.5 Å². The van der Waals surface area contributed by atoms with Crippen molar-refractivity contribution in [3.63, 3.8) is 0 Å². The molecule has 6 heteroatoms. The Kier molecular flexibility index (Phi) is 4.72. The van der Waals surface area contributed by atoms with E-state index in [1.54, 1.807) is 6.20 Å². The Balaban J connectivity index is 1.59. The Hall–Kier alpha value is -2.65. The number of pyridine rings is 1. The average Bonchev–Trinajstić information content (AvgIpc) is 3.12. The third kappa shape index (κ3) is 3.11. The minimum Gasteiger partial charge on any atom is -0.368 e. The van der Waals surface area contributed by atoms with E-state index in [4.69, 9.17) is 4.74 Å². The highest BCUT2D eigenvalue weighted by atomic mass is 16.5. The molecule has 1 aromatic carbocycles. The van der Waals surface area contributed by atoms with E-state index in [0.29, 0.717) is 25.3 Å². The summed E-state index contributed by atoms with van der Waals surface area (Å²) < 4.78 is 5.56. The molecule has 0 N–H and O–H groups in total. The largest absolute Gasteiger partial charge is 0.368 e. The van der Waals surface area contributed by atoms with E-state index in [-0.39, 0.29) is 12.0 Å². The van der Waals surface area contributed by atoms with Crippen molar-refractivity contribution in [3.8, 4) is 6.07 Å². The predicted molar refractivity (Wildman–Crippen MR) is 98.8 cm³/mol. The molecule has 134 valence electrons. The second-order valence-electron chi connectivity index (χ2n) is 6.82. The van der Waals surface area contributed by atoms with Gasteiger partial charge >= 0.3 is 0 Å². The first-order valence-corrected chi connectivity index (χ1v) is 9.21. The van der Waals surface area contributed by atoms with Gasteiger partial charge in [0.1, 0.15) is 12.2 Å². The maximum absolute atomic E-state index is 12.7. The van der Waals surface area contributed by atoms with E-state index in [0.717, 1.165) is 48.9 Å². The molecular weight excluding hydrogens is 328 g/mol. The first-order chi connectivity index (χ1) is 12.8. The van der Waals surface area contributed by atoms with Crippen LogP contribution in [0.4, 0.5) is 5.69 Å². The number of anilines is 1. The van der Waals surface area contributed by atoms with Crippen molar-refractivity contribution in [2.75, 3.05) is 37.7 Å². The Morgan fingerprint density at radius 2 is 2.08 bits per heavy atom. The van der Waals surface area contributed by atoms with E-state index in [1.807, 2.05) is 29.2 Å². The summed E-state index contributed by atoms with van der Waals surface area (Å²) in [6.07, 6.45) is 4.05. The van der Waals surface area contributed by atoms with Gasteiger partial charge in [0.15, 0.2) is 0 Å². The SMILES string of the molecule is N#Cc1cnc2ccccc2c1N1CCCN(C(=O)C2CCCO2)CC1. The molecule has 3 heterocycles. The summed E-state index contributed by atoms with van der Waals surface area (Å²) in [4.78, 5) is 21.2. The molecule has 2 saturated heterocycles. The summed E-state index contributed by atoms with van der Waals surface area (Å²) in [6.45, 7) is 3.60. The van der Waals surface area contributed by atoms with Gasteiger partial charge in [-0.2, -0.15) is 5.26 Å². The minimum absolute atomic E-state index is 0.115. The quantitative estimate of drug-likeness (QED) is 0.831. The molecule has 2 aliphatic heterocycles. The van der Waals surface area contributed by atoms with Crippen molar-refractivity contribution >= 4 is 22.5 Å². The molecule has 2 aromatic rings. The highest BCUT2D eigenvalue weighted by molar-refractivity contribution is 5.94. The predicted octanol–water partition coefficient (Wildman–Crippen LogP) is 2.32. The summed E-state index contributed by atoms with van der Waals surface area (Å²) >= 11 is 0. The molecule has 0 radical (unpaired) electrons. The smallest absolute Gasteiger partial charge is 0.251 e. The molecule has 0 saturated carbocycles. The van der Waals surface area contributed by atoms with Crippen LogP contribution >= 0.6 is 0 Å². The molecule has 0 bridgehead atoms. The van der Waals surface area contributed by atoms with Gasteiger partial charge in [0.25, 0.3) is 5.91 Å². The first-order valence-electron chi connectivity index (χ1n) is 9.21. The average molecular weight is 350 g/mol. The molecule has 4 rings (SSSR count). The lowest BCUT2D eigenvalue weighted by molar-refractivity contribution is -0.140. The topological polar surface area (TPSA) is 69.5 Å². The number of amides is 1. The number of carbonyl (C=O) groups is 1. The normalized spacial score (nSPS) is 20.8. The van der Waals surface area contributed by atoms with Crippen LogP contribution in [0, 0.1) is 11.3 Å². The zero-order valence-electron chi connectivity index (χ0n) is 14.7. The van der Waals surface area contributed by atoms with E-state index in [2.05, 4.69) is 16.0 Å². The van der Waals surface area contributed by atoms with Crippen LogP contribution in [-0.4, -0.2) is 54.7 Å². The molecule has 1 unspecified atom stereocenters. The number of benzene rings is 1. The van der Waals surface area contributed by atoms with E-state index >= 15 is 0 Å². The standard InChI is InChI=1S/C20H22N4O2/c21-13-15-14-22-17-6-2-1-5-16(17)19(15)23-8-4-9-24(11-10-23)20(25)18-7-3-12-26-18/h1-2,5-6,14,18H,3-4,7-12H2. The molecule has 1 amide bonds. The van der Waals surface area contributed by atoms with Crippen LogP contribution in [0.1, 0.15) is 24.8 Å². The molecule has 0 aliphatic carbocycles. The molecule has 2 aliphatic rings. The Labute approximate surface area is 153 Å². The summed E-state index contributed by atoms with van der Waals surface area (Å²) in [6, 6.07) is 10.2. The molecular formula is C20H22N4O2. The van der Waals surface area contributed by atoms with Gasteiger partial charge < -0.3 is 14.5 Å². The van der Waals surface area contributed by atoms with Crippen LogP contribution in [0.2, 0.25) is 0 Å². The van der Waals surface area contributed by atoms with Crippen LogP contribution in [0.25, 0.3) is 10.9 Å². The number of ether oxygens (including phenoxy) is 1. The highest BCUT2D eigenvalue weighted by Gasteiger charge is 2.30. The fourth-order valence-electron chi connectivity index (χ4n) is 3.89. The van der Waals surface area contributed by atoms with Crippen molar-refractivity contribution in [1.29, 1.82) is 5.26 Å². The van der Waals surface area contributed by atoms with Crippen molar-refractivity contribution in [1.82, 2.24) is 9.88 Å². The van der Waals surface area contributed by atoms with Gasteiger partial charge in [0.05, 0.1) is 16.8 Å². The maximum Gasteiger partial charge on any atom is 0.251 e. The summed E-state index contributed by atoms with van der Waals surface area (Å²) in [5.74, 6) is 0.115. The fraction of sp³-hybridized carbons (Fsp3) is 0.450. The number of para-hydroxylation sites is 1. The minimum atomic E-state index is -0.266. The molecule has 2 fully saturated rings. The number of fused-ring (bicyclic) bond motifs is 1. The zero-order valence-corrected chi connectivity index (χ0v) is 14.7. The molecule has 26 heavy (non-hydrogen) atoms. The number of hydrogen-bond donors (Lipinski definition) is 0.